The van der Waals surface area contributed by atoms with Crippen LogP contribution in [0.3, 0.4) is 0 Å². The van der Waals surface area contributed by atoms with Gasteiger partial charge >= 0.3 is 0 Å². The molecule has 0 amide bonds. The molecule has 2 nitrogen and oxygen atoms in total. The smallest absolute Gasteiger partial charge is 0.0521 e. The maximum atomic E-state index is 4.21. The minimum atomic E-state index is 1.13. The Morgan fingerprint density at radius 2 is 1.85 bits per heavy atom. The maximum absolute atomic E-state index is 4.21. The summed E-state index contributed by atoms with van der Waals surface area (Å²) in [4.78, 5) is 0. The molecule has 2 rings (SSSR count). The molecule has 0 N–H and O–H groups in total. The van der Waals surface area contributed by atoms with Crippen LogP contribution in [0, 0.1) is 6.92 Å². The number of hydrogen-bond acceptors (Lipinski definition) is 1. The topological polar surface area (TPSA) is 17.8 Å². The van der Waals surface area contributed by atoms with Gasteiger partial charge in [-0.3, -0.25) is 4.68 Å². The molecule has 0 atom stereocenters. The fraction of sp³-hybridized carbons (Fsp3) is 0.727. The Balaban J connectivity index is 0.000000322. The van der Waals surface area contributed by atoms with E-state index in [2.05, 4.69) is 16.7 Å². The normalized spacial score (nSPS) is 12.1. The average Bonchev–Trinajstić information content (AvgIpc) is 2.78. The zero-order valence-corrected chi connectivity index (χ0v) is 9.59. The molecule has 2 heteroatoms. The summed E-state index contributed by atoms with van der Waals surface area (Å²) in [5.41, 5.74) is 2.79. The Labute approximate surface area is 82.0 Å². The number of hydrogen-bond donors (Lipinski definition) is 0. The summed E-state index contributed by atoms with van der Waals surface area (Å²) < 4.78 is 2.11. The zero-order chi connectivity index (χ0) is 10.3. The van der Waals surface area contributed by atoms with Crippen molar-refractivity contribution >= 4 is 0 Å². The van der Waals surface area contributed by atoms with E-state index in [-0.39, 0.29) is 0 Å². The summed E-state index contributed by atoms with van der Waals surface area (Å²) in [6, 6.07) is 0. The number of rotatable bonds is 0. The molecule has 0 fully saturated rings. The van der Waals surface area contributed by atoms with Crippen LogP contribution in [0.2, 0.25) is 0 Å². The molecule has 13 heavy (non-hydrogen) atoms. The van der Waals surface area contributed by atoms with Gasteiger partial charge < -0.3 is 0 Å². The van der Waals surface area contributed by atoms with Crippen LogP contribution in [0.4, 0.5) is 0 Å². The lowest BCUT2D eigenvalue weighted by molar-refractivity contribution is 0.656. The third kappa shape index (κ3) is 2.87. The van der Waals surface area contributed by atoms with Gasteiger partial charge in [0.25, 0.3) is 0 Å². The molecule has 76 valence electrons. The number of aromatic nitrogens is 2. The molecule has 0 bridgehead atoms. The van der Waals surface area contributed by atoms with E-state index in [1.807, 2.05) is 33.9 Å². The van der Waals surface area contributed by atoms with Crippen molar-refractivity contribution in [3.63, 3.8) is 0 Å². The molecule has 0 saturated heterocycles. The predicted molar refractivity (Wildman–Crippen MR) is 58.0 cm³/mol. The molecule has 0 radical (unpaired) electrons. The van der Waals surface area contributed by atoms with Gasteiger partial charge in [-0.1, -0.05) is 27.7 Å². The lowest BCUT2D eigenvalue weighted by Gasteiger charge is -1.90. The Kier molecular flexibility index (Phi) is 6.29. The van der Waals surface area contributed by atoms with Crippen molar-refractivity contribution < 1.29 is 0 Å². The van der Waals surface area contributed by atoms with Crippen molar-refractivity contribution in [2.24, 2.45) is 0 Å². The molecule has 0 aromatic carbocycles. The summed E-state index contributed by atoms with van der Waals surface area (Å²) >= 11 is 0. The molecular weight excluding hydrogens is 160 g/mol. The predicted octanol–water partition coefficient (Wildman–Crippen LogP) is 3.19. The molecule has 0 spiro atoms. The standard InChI is InChI=1S/C7H10N2.2C2H6/c1-6-5-8-9-4-2-3-7(6)9;2*1-2/h5H,2-4H2,1H3;2*1-2H3. The number of aryl methyl sites for hydroxylation is 2. The highest BCUT2D eigenvalue weighted by molar-refractivity contribution is 5.17. The minimum absolute atomic E-state index is 1.13. The highest BCUT2D eigenvalue weighted by atomic mass is 15.3. The summed E-state index contributed by atoms with van der Waals surface area (Å²) in [6.45, 7) is 11.3. The number of fused-ring (bicyclic) bond motifs is 1. The van der Waals surface area contributed by atoms with Crippen LogP contribution in [0.25, 0.3) is 0 Å². The van der Waals surface area contributed by atoms with Crippen LogP contribution in [0.15, 0.2) is 6.20 Å². The fourth-order valence-electron chi connectivity index (χ4n) is 1.42. The van der Waals surface area contributed by atoms with Gasteiger partial charge in [-0.25, -0.2) is 0 Å². The minimum Gasteiger partial charge on any atom is -0.269 e. The van der Waals surface area contributed by atoms with E-state index in [1.165, 1.54) is 24.1 Å². The lowest BCUT2D eigenvalue weighted by Crippen LogP contribution is -1.92. The molecule has 2 heterocycles. The van der Waals surface area contributed by atoms with Crippen LogP contribution in [0.1, 0.15) is 45.4 Å². The van der Waals surface area contributed by atoms with Gasteiger partial charge in [-0.15, -0.1) is 0 Å². The van der Waals surface area contributed by atoms with Crippen molar-refractivity contribution in [2.75, 3.05) is 0 Å². The fourth-order valence-corrected chi connectivity index (χ4v) is 1.42. The Hall–Kier alpha value is -0.790. The van der Waals surface area contributed by atoms with E-state index in [1.54, 1.807) is 0 Å². The molecule has 0 aliphatic carbocycles. The van der Waals surface area contributed by atoms with Crippen molar-refractivity contribution in [3.05, 3.63) is 17.5 Å². The van der Waals surface area contributed by atoms with Crippen LogP contribution < -0.4 is 0 Å². The Bertz CT molecular complexity index is 226. The van der Waals surface area contributed by atoms with Crippen LogP contribution >= 0.6 is 0 Å². The summed E-state index contributed by atoms with van der Waals surface area (Å²) in [7, 11) is 0. The molecule has 1 aliphatic rings. The van der Waals surface area contributed by atoms with Gasteiger partial charge in [0.15, 0.2) is 0 Å². The second-order valence-corrected chi connectivity index (χ2v) is 2.60. The van der Waals surface area contributed by atoms with Gasteiger partial charge in [0.2, 0.25) is 0 Å². The number of nitrogens with zero attached hydrogens (tertiary/aromatic N) is 2. The largest absolute Gasteiger partial charge is 0.269 e. The summed E-state index contributed by atoms with van der Waals surface area (Å²) in [5.74, 6) is 0. The molecule has 1 aliphatic heterocycles. The molecular formula is C11H22N2. The molecule has 1 aromatic heterocycles. The summed E-state index contributed by atoms with van der Waals surface area (Å²) in [5, 5.41) is 4.21. The van der Waals surface area contributed by atoms with E-state index in [9.17, 15) is 0 Å². The van der Waals surface area contributed by atoms with Crippen molar-refractivity contribution in [1.82, 2.24) is 9.78 Å². The third-order valence-corrected chi connectivity index (χ3v) is 1.94. The SMILES string of the molecule is CC.CC.Cc1cnn2c1CCC2. The van der Waals surface area contributed by atoms with Crippen LogP contribution in [-0.2, 0) is 13.0 Å². The van der Waals surface area contributed by atoms with E-state index >= 15 is 0 Å². The van der Waals surface area contributed by atoms with Crippen LogP contribution in [-0.4, -0.2) is 9.78 Å². The first-order valence-corrected chi connectivity index (χ1v) is 5.39. The first-order chi connectivity index (χ1) is 6.38. The highest BCUT2D eigenvalue weighted by Gasteiger charge is 2.12. The van der Waals surface area contributed by atoms with Gasteiger partial charge in [0.1, 0.15) is 0 Å². The lowest BCUT2D eigenvalue weighted by atomic mass is 10.2. The summed E-state index contributed by atoms with van der Waals surface area (Å²) in [6.07, 6.45) is 4.46. The quantitative estimate of drug-likeness (QED) is 0.602. The first-order valence-electron chi connectivity index (χ1n) is 5.39. The van der Waals surface area contributed by atoms with Gasteiger partial charge in [0, 0.05) is 12.2 Å². The zero-order valence-electron chi connectivity index (χ0n) is 9.59. The monoisotopic (exact) mass is 182 g/mol. The van der Waals surface area contributed by atoms with E-state index in [0.717, 1.165) is 6.54 Å². The maximum Gasteiger partial charge on any atom is 0.0521 e. The van der Waals surface area contributed by atoms with Gasteiger partial charge in [0.05, 0.1) is 6.20 Å². The molecule has 0 unspecified atom stereocenters. The van der Waals surface area contributed by atoms with E-state index < -0.39 is 0 Å². The third-order valence-electron chi connectivity index (χ3n) is 1.94. The molecule has 0 saturated carbocycles. The highest BCUT2D eigenvalue weighted by Crippen LogP contribution is 2.16. The average molecular weight is 182 g/mol. The van der Waals surface area contributed by atoms with Crippen molar-refractivity contribution in [1.29, 1.82) is 0 Å². The van der Waals surface area contributed by atoms with Crippen molar-refractivity contribution in [3.8, 4) is 0 Å². The Morgan fingerprint density at radius 1 is 1.23 bits per heavy atom. The van der Waals surface area contributed by atoms with Gasteiger partial charge in [-0.05, 0) is 25.3 Å². The van der Waals surface area contributed by atoms with E-state index in [4.69, 9.17) is 0 Å². The Morgan fingerprint density at radius 3 is 2.38 bits per heavy atom. The van der Waals surface area contributed by atoms with Crippen LogP contribution in [0.5, 0.6) is 0 Å². The van der Waals surface area contributed by atoms with Crippen molar-refractivity contribution in [2.45, 2.75) is 54.0 Å². The first kappa shape index (κ1) is 12.2. The molecule has 1 aromatic rings. The van der Waals surface area contributed by atoms with Gasteiger partial charge in [-0.2, -0.15) is 5.10 Å². The van der Waals surface area contributed by atoms with E-state index in [0.29, 0.717) is 0 Å². The second kappa shape index (κ2) is 6.70. The second-order valence-electron chi connectivity index (χ2n) is 2.60.